The summed E-state index contributed by atoms with van der Waals surface area (Å²) in [6, 6.07) is 4.78. The van der Waals surface area contributed by atoms with Crippen LogP contribution in [0.2, 0.25) is 0 Å². The summed E-state index contributed by atoms with van der Waals surface area (Å²) in [6.45, 7) is 1.17. The first kappa shape index (κ1) is 14.0. The fraction of sp³-hybridized carbons (Fsp3) is 0.733. The molecule has 1 aromatic rings. The highest BCUT2D eigenvalue weighted by atomic mass is 32.1. The fourth-order valence-corrected chi connectivity index (χ4v) is 4.71. The molecule has 0 bridgehead atoms. The van der Waals surface area contributed by atoms with Crippen LogP contribution in [0.1, 0.15) is 62.3 Å². The Bertz CT molecular complexity index is 468. The second kappa shape index (κ2) is 6.22. The van der Waals surface area contributed by atoms with Crippen molar-refractivity contribution in [2.24, 2.45) is 0 Å². The van der Waals surface area contributed by atoms with E-state index in [1.165, 1.54) is 67.7 Å². The van der Waals surface area contributed by atoms with Crippen molar-refractivity contribution in [1.29, 1.82) is 0 Å². The molecule has 2 heterocycles. The van der Waals surface area contributed by atoms with Gasteiger partial charge in [0.2, 0.25) is 0 Å². The van der Waals surface area contributed by atoms with Crippen molar-refractivity contribution in [2.75, 3.05) is 6.54 Å². The quantitative estimate of drug-likeness (QED) is 0.608. The van der Waals surface area contributed by atoms with Crippen molar-refractivity contribution in [3.8, 4) is 0 Å². The summed E-state index contributed by atoms with van der Waals surface area (Å²) in [4.78, 5) is 14.5. The van der Waals surface area contributed by atoms with E-state index in [4.69, 9.17) is 0 Å². The monoisotopic (exact) mass is 294 g/mol. The number of thiophene rings is 1. The minimum atomic E-state index is -0.262. The number of nitrogens with zero attached hydrogens (tertiary/aromatic N) is 2. The average molecular weight is 294 g/mol. The Morgan fingerprint density at radius 1 is 1.10 bits per heavy atom. The van der Waals surface area contributed by atoms with E-state index in [1.807, 2.05) is 6.07 Å². The number of hydrogen-bond donors (Lipinski definition) is 0. The Kier molecular flexibility index (Phi) is 4.36. The van der Waals surface area contributed by atoms with Gasteiger partial charge < -0.3 is 0 Å². The third-order valence-corrected chi connectivity index (χ3v) is 5.85. The topological polar surface area (TPSA) is 46.4 Å². The van der Waals surface area contributed by atoms with E-state index in [-0.39, 0.29) is 9.92 Å². The summed E-state index contributed by atoms with van der Waals surface area (Å²) in [5, 5.41) is 11.2. The average Bonchev–Trinajstić information content (AvgIpc) is 2.98. The molecule has 0 amide bonds. The molecule has 0 spiro atoms. The lowest BCUT2D eigenvalue weighted by Gasteiger charge is -2.42. The van der Waals surface area contributed by atoms with Crippen LogP contribution in [-0.2, 0) is 0 Å². The Morgan fingerprint density at radius 2 is 1.85 bits per heavy atom. The Balaban J connectivity index is 1.78. The van der Waals surface area contributed by atoms with Crippen LogP contribution in [-0.4, -0.2) is 22.4 Å². The van der Waals surface area contributed by atoms with Crippen LogP contribution in [0, 0.1) is 10.1 Å². The zero-order valence-electron chi connectivity index (χ0n) is 11.8. The molecule has 1 atom stereocenters. The van der Waals surface area contributed by atoms with Gasteiger partial charge in [-0.25, -0.2) is 0 Å². The van der Waals surface area contributed by atoms with Gasteiger partial charge in [0.25, 0.3) is 0 Å². The van der Waals surface area contributed by atoms with Crippen LogP contribution in [0.15, 0.2) is 12.1 Å². The van der Waals surface area contributed by atoms with Crippen molar-refractivity contribution in [1.82, 2.24) is 4.90 Å². The number of hydrogen-bond acceptors (Lipinski definition) is 4. The molecule has 1 aromatic heterocycles. The van der Waals surface area contributed by atoms with Crippen LogP contribution < -0.4 is 0 Å². The standard InChI is InChI=1S/C15H22N2O2S/c18-17(19)15-10-9-14(20-15)13-8-4-5-11-16(13)12-6-2-1-3-7-12/h9-10,12-13H,1-8,11H2. The largest absolute Gasteiger partial charge is 0.324 e. The van der Waals surface area contributed by atoms with Gasteiger partial charge in [0.15, 0.2) is 0 Å². The van der Waals surface area contributed by atoms with Crippen LogP contribution in [0.5, 0.6) is 0 Å². The minimum Gasteiger partial charge on any atom is -0.293 e. The van der Waals surface area contributed by atoms with Crippen LogP contribution in [0.4, 0.5) is 5.00 Å². The number of likely N-dealkylation sites (tertiary alicyclic amines) is 1. The molecule has 1 unspecified atom stereocenters. The second-order valence-electron chi connectivity index (χ2n) is 5.97. The normalized spacial score (nSPS) is 25.7. The van der Waals surface area contributed by atoms with Crippen molar-refractivity contribution >= 4 is 16.3 Å². The Hall–Kier alpha value is -0.940. The van der Waals surface area contributed by atoms with Gasteiger partial charge in [-0.15, -0.1) is 0 Å². The molecule has 110 valence electrons. The molecular formula is C15H22N2O2S. The molecule has 1 aliphatic heterocycles. The van der Waals surface area contributed by atoms with Gasteiger partial charge >= 0.3 is 5.00 Å². The molecule has 0 N–H and O–H groups in total. The highest BCUT2D eigenvalue weighted by molar-refractivity contribution is 7.15. The minimum absolute atomic E-state index is 0.262. The zero-order chi connectivity index (χ0) is 13.9. The lowest BCUT2D eigenvalue weighted by Crippen LogP contribution is -2.42. The SMILES string of the molecule is O=[N+]([O-])c1ccc(C2CCCCN2C2CCCCC2)s1. The Morgan fingerprint density at radius 3 is 2.55 bits per heavy atom. The van der Waals surface area contributed by atoms with E-state index in [9.17, 15) is 10.1 Å². The molecule has 0 aromatic carbocycles. The molecule has 1 saturated heterocycles. The highest BCUT2D eigenvalue weighted by Gasteiger charge is 2.32. The third kappa shape index (κ3) is 2.88. The predicted octanol–water partition coefficient (Wildman–Crippen LogP) is 4.52. The summed E-state index contributed by atoms with van der Waals surface area (Å²) in [6.07, 6.45) is 10.4. The number of rotatable bonds is 3. The van der Waals surface area contributed by atoms with Crippen molar-refractivity contribution < 1.29 is 4.92 Å². The van der Waals surface area contributed by atoms with Crippen LogP contribution in [0.3, 0.4) is 0 Å². The first-order chi connectivity index (χ1) is 9.75. The third-order valence-electron chi connectivity index (χ3n) is 4.71. The molecule has 3 rings (SSSR count). The van der Waals surface area contributed by atoms with Gasteiger partial charge in [-0.3, -0.25) is 15.0 Å². The summed E-state index contributed by atoms with van der Waals surface area (Å²) in [5.74, 6) is 0. The van der Waals surface area contributed by atoms with E-state index >= 15 is 0 Å². The van der Waals surface area contributed by atoms with Gasteiger partial charge in [-0.05, 0) is 38.3 Å². The van der Waals surface area contributed by atoms with E-state index in [1.54, 1.807) is 6.07 Å². The lowest BCUT2D eigenvalue weighted by atomic mass is 9.90. The summed E-state index contributed by atoms with van der Waals surface area (Å²) < 4.78 is 0. The molecule has 1 saturated carbocycles. The van der Waals surface area contributed by atoms with Crippen molar-refractivity contribution in [2.45, 2.75) is 63.5 Å². The van der Waals surface area contributed by atoms with E-state index in [0.29, 0.717) is 12.1 Å². The van der Waals surface area contributed by atoms with Gasteiger partial charge in [0.1, 0.15) is 0 Å². The molecule has 2 aliphatic rings. The first-order valence-electron chi connectivity index (χ1n) is 7.75. The second-order valence-corrected chi connectivity index (χ2v) is 7.07. The van der Waals surface area contributed by atoms with E-state index < -0.39 is 0 Å². The van der Waals surface area contributed by atoms with Crippen molar-refractivity contribution in [3.63, 3.8) is 0 Å². The van der Waals surface area contributed by atoms with Gasteiger partial charge in [-0.1, -0.05) is 37.0 Å². The smallest absolute Gasteiger partial charge is 0.293 e. The summed E-state index contributed by atoms with van der Waals surface area (Å²) >= 11 is 1.37. The molecule has 2 fully saturated rings. The van der Waals surface area contributed by atoms with E-state index in [0.717, 1.165) is 6.42 Å². The number of piperidine rings is 1. The molecule has 0 radical (unpaired) electrons. The maximum Gasteiger partial charge on any atom is 0.324 e. The lowest BCUT2D eigenvalue weighted by molar-refractivity contribution is -0.380. The number of nitro groups is 1. The summed E-state index contributed by atoms with van der Waals surface area (Å²) in [5.41, 5.74) is 0. The van der Waals surface area contributed by atoms with Gasteiger partial charge in [-0.2, -0.15) is 0 Å². The molecule has 5 heteroatoms. The first-order valence-corrected chi connectivity index (χ1v) is 8.57. The molecule has 4 nitrogen and oxygen atoms in total. The maximum absolute atomic E-state index is 10.9. The summed E-state index contributed by atoms with van der Waals surface area (Å²) in [7, 11) is 0. The van der Waals surface area contributed by atoms with Gasteiger partial charge in [0, 0.05) is 23.0 Å². The fourth-order valence-electron chi connectivity index (χ4n) is 3.73. The Labute approximate surface area is 123 Å². The maximum atomic E-state index is 10.9. The van der Waals surface area contributed by atoms with E-state index in [2.05, 4.69) is 4.90 Å². The highest BCUT2D eigenvalue weighted by Crippen LogP contribution is 2.40. The van der Waals surface area contributed by atoms with Crippen LogP contribution in [0.25, 0.3) is 0 Å². The van der Waals surface area contributed by atoms with Crippen LogP contribution >= 0.6 is 11.3 Å². The molecular weight excluding hydrogens is 272 g/mol. The molecule has 20 heavy (non-hydrogen) atoms. The van der Waals surface area contributed by atoms with Crippen molar-refractivity contribution in [3.05, 3.63) is 27.1 Å². The zero-order valence-corrected chi connectivity index (χ0v) is 12.6. The predicted molar refractivity (Wildman–Crippen MR) is 81.1 cm³/mol. The molecule has 1 aliphatic carbocycles. The van der Waals surface area contributed by atoms with Gasteiger partial charge in [0.05, 0.1) is 4.92 Å².